The Labute approximate surface area is 236 Å². The van der Waals surface area contributed by atoms with Crippen LogP contribution in [0.1, 0.15) is 42.9 Å². The van der Waals surface area contributed by atoms with E-state index in [1.54, 1.807) is 0 Å². The number of halogens is 1. The van der Waals surface area contributed by atoms with Crippen molar-refractivity contribution in [3.8, 4) is 11.3 Å². The maximum absolute atomic E-state index is 13.5. The molecule has 8 heteroatoms. The van der Waals surface area contributed by atoms with Gasteiger partial charge in [0.1, 0.15) is 5.25 Å². The van der Waals surface area contributed by atoms with Crippen LogP contribution in [-0.4, -0.2) is 16.8 Å². The van der Waals surface area contributed by atoms with E-state index >= 15 is 0 Å². The van der Waals surface area contributed by atoms with Gasteiger partial charge < -0.3 is 10.6 Å². The third kappa shape index (κ3) is 6.65. The summed E-state index contributed by atoms with van der Waals surface area (Å²) in [4.78, 5) is 31.8. The minimum absolute atomic E-state index is 0.0804. The van der Waals surface area contributed by atoms with E-state index in [1.807, 2.05) is 84.2 Å². The van der Waals surface area contributed by atoms with Crippen LogP contribution in [0.15, 0.2) is 89.1 Å². The third-order valence-electron chi connectivity index (χ3n) is 6.56. The Morgan fingerprint density at radius 1 is 0.921 bits per heavy atom. The molecule has 1 aliphatic rings. The fourth-order valence-electron chi connectivity index (χ4n) is 4.59. The average Bonchev–Trinajstić information content (AvgIpc) is 3.41. The summed E-state index contributed by atoms with van der Waals surface area (Å²) in [5.74, 6) is -0.00272. The minimum Gasteiger partial charge on any atom is -0.326 e. The smallest absolute Gasteiger partial charge is 0.244 e. The normalized spacial score (nSPS) is 14.6. The summed E-state index contributed by atoms with van der Waals surface area (Å²) >= 11 is 9.14. The molecule has 2 amide bonds. The van der Waals surface area contributed by atoms with Gasteiger partial charge in [0.15, 0.2) is 5.13 Å². The molecule has 0 aliphatic heterocycles. The number of amides is 2. The van der Waals surface area contributed by atoms with Crippen molar-refractivity contribution < 1.29 is 9.59 Å². The van der Waals surface area contributed by atoms with Crippen molar-refractivity contribution in [3.63, 3.8) is 0 Å². The lowest BCUT2D eigenvalue weighted by molar-refractivity contribution is -0.120. The first kappa shape index (κ1) is 26.5. The lowest BCUT2D eigenvalue weighted by Crippen LogP contribution is -2.24. The van der Waals surface area contributed by atoms with Crippen LogP contribution in [0.4, 0.5) is 10.8 Å². The predicted octanol–water partition coefficient (Wildman–Crippen LogP) is 8.45. The maximum atomic E-state index is 13.5. The molecule has 0 bridgehead atoms. The summed E-state index contributed by atoms with van der Waals surface area (Å²) in [6, 6.07) is 24.9. The van der Waals surface area contributed by atoms with Crippen molar-refractivity contribution in [1.29, 1.82) is 0 Å². The average molecular weight is 562 g/mol. The fraction of sp³-hybridized carbons (Fsp3) is 0.233. The van der Waals surface area contributed by atoms with Crippen molar-refractivity contribution in [1.82, 2.24) is 4.98 Å². The van der Waals surface area contributed by atoms with E-state index in [2.05, 4.69) is 15.6 Å². The first-order valence-corrected chi connectivity index (χ1v) is 14.8. The Hall–Kier alpha value is -3.13. The van der Waals surface area contributed by atoms with Gasteiger partial charge in [-0.2, -0.15) is 0 Å². The lowest BCUT2D eigenvalue weighted by Gasteiger charge is -2.21. The Bertz CT molecular complexity index is 1400. The summed E-state index contributed by atoms with van der Waals surface area (Å²) in [6.07, 6.45) is 5.33. The molecule has 0 spiro atoms. The van der Waals surface area contributed by atoms with Gasteiger partial charge in [0.2, 0.25) is 11.8 Å². The van der Waals surface area contributed by atoms with Crippen molar-refractivity contribution in [2.45, 2.75) is 42.2 Å². The zero-order valence-corrected chi connectivity index (χ0v) is 23.1. The molecule has 1 aliphatic carbocycles. The van der Waals surface area contributed by atoms with E-state index in [9.17, 15) is 9.59 Å². The van der Waals surface area contributed by atoms with Crippen molar-refractivity contribution in [2.24, 2.45) is 5.92 Å². The van der Waals surface area contributed by atoms with E-state index < -0.39 is 5.25 Å². The van der Waals surface area contributed by atoms with Gasteiger partial charge in [0.25, 0.3) is 0 Å². The van der Waals surface area contributed by atoms with Crippen LogP contribution in [0.2, 0.25) is 5.02 Å². The quantitative estimate of drug-likeness (QED) is 0.212. The number of carbonyl (C=O) groups excluding carboxylic acids is 2. The van der Waals surface area contributed by atoms with E-state index in [0.717, 1.165) is 53.1 Å². The zero-order valence-electron chi connectivity index (χ0n) is 20.7. The van der Waals surface area contributed by atoms with Gasteiger partial charge in [-0.3, -0.25) is 9.59 Å². The van der Waals surface area contributed by atoms with Gasteiger partial charge in [0.05, 0.1) is 5.69 Å². The lowest BCUT2D eigenvalue weighted by atomic mass is 9.88. The highest BCUT2D eigenvalue weighted by Crippen LogP contribution is 2.38. The first-order valence-electron chi connectivity index (χ1n) is 12.7. The highest BCUT2D eigenvalue weighted by atomic mass is 35.5. The Balaban J connectivity index is 1.32. The van der Waals surface area contributed by atoms with Crippen molar-refractivity contribution >= 4 is 57.3 Å². The summed E-state index contributed by atoms with van der Waals surface area (Å²) in [7, 11) is 0. The van der Waals surface area contributed by atoms with E-state index in [1.165, 1.54) is 29.5 Å². The van der Waals surface area contributed by atoms with Crippen molar-refractivity contribution in [3.05, 3.63) is 94.8 Å². The van der Waals surface area contributed by atoms with E-state index in [-0.39, 0.29) is 17.7 Å². The Kier molecular flexibility index (Phi) is 8.79. The largest absolute Gasteiger partial charge is 0.326 e. The second-order valence-electron chi connectivity index (χ2n) is 9.27. The highest BCUT2D eigenvalue weighted by molar-refractivity contribution is 8.00. The molecule has 4 aromatic rings. The topological polar surface area (TPSA) is 71.1 Å². The zero-order chi connectivity index (χ0) is 26.3. The van der Waals surface area contributed by atoms with Gasteiger partial charge >= 0.3 is 0 Å². The predicted molar refractivity (Wildman–Crippen MR) is 158 cm³/mol. The molecule has 2 N–H and O–H groups in total. The molecule has 1 saturated carbocycles. The molecular weight excluding hydrogens is 534 g/mol. The first-order chi connectivity index (χ1) is 18.6. The monoisotopic (exact) mass is 561 g/mol. The second-order valence-corrected chi connectivity index (χ2v) is 11.7. The third-order valence-corrected chi connectivity index (χ3v) is 8.89. The van der Waals surface area contributed by atoms with E-state index in [0.29, 0.717) is 10.2 Å². The number of nitrogens with one attached hydrogen (secondary N) is 2. The van der Waals surface area contributed by atoms with Gasteiger partial charge in [-0.05, 0) is 42.7 Å². The number of aromatic nitrogens is 1. The highest BCUT2D eigenvalue weighted by Gasteiger charge is 2.24. The molecule has 5 rings (SSSR count). The molecule has 5 nitrogen and oxygen atoms in total. The second kappa shape index (κ2) is 12.6. The molecule has 1 heterocycles. The molecule has 1 atom stereocenters. The van der Waals surface area contributed by atoms with Crippen LogP contribution in [-0.2, 0) is 9.59 Å². The molecular formula is C30H28ClN3O2S2. The van der Waals surface area contributed by atoms with Crippen molar-refractivity contribution in [2.75, 3.05) is 10.6 Å². The standard InChI is InChI=1S/C30H28ClN3O2S2/c31-25-17-8-7-16-24(25)26-19-37-30(33-26)34-29(36)27(20-10-3-1-4-11-20)38-23-15-9-14-22(18-23)32-28(35)21-12-5-2-6-13-21/h1,3-4,7-11,14-19,21,27H,2,5-6,12-13H2,(H,32,35)(H,33,34,36). The number of carbonyl (C=O) groups is 2. The van der Waals surface area contributed by atoms with E-state index in [4.69, 9.17) is 11.6 Å². The molecule has 3 aromatic carbocycles. The summed E-state index contributed by atoms with van der Waals surface area (Å²) in [6.45, 7) is 0. The number of hydrogen-bond acceptors (Lipinski definition) is 5. The number of nitrogens with zero attached hydrogens (tertiary/aromatic N) is 1. The molecule has 194 valence electrons. The maximum Gasteiger partial charge on any atom is 0.244 e. The van der Waals surface area contributed by atoms with Gasteiger partial charge in [-0.15, -0.1) is 23.1 Å². The number of anilines is 2. The molecule has 0 radical (unpaired) electrons. The van der Waals surface area contributed by atoms with Gasteiger partial charge in [-0.1, -0.05) is 85.5 Å². The Morgan fingerprint density at radius 3 is 2.47 bits per heavy atom. The van der Waals surface area contributed by atoms with Crippen LogP contribution in [0.3, 0.4) is 0 Å². The summed E-state index contributed by atoms with van der Waals surface area (Å²) < 4.78 is 0. The number of hydrogen-bond donors (Lipinski definition) is 2. The van der Waals surface area contributed by atoms with Crippen LogP contribution in [0.25, 0.3) is 11.3 Å². The van der Waals surface area contributed by atoms with Crippen LogP contribution < -0.4 is 10.6 Å². The van der Waals surface area contributed by atoms with Crippen LogP contribution in [0, 0.1) is 5.92 Å². The number of thiazole rings is 1. The number of benzene rings is 3. The van der Waals surface area contributed by atoms with Gasteiger partial charge in [-0.25, -0.2) is 4.98 Å². The molecule has 38 heavy (non-hydrogen) atoms. The summed E-state index contributed by atoms with van der Waals surface area (Å²) in [5, 5.41) is 8.59. The number of rotatable bonds is 8. The number of thioether (sulfide) groups is 1. The summed E-state index contributed by atoms with van der Waals surface area (Å²) in [5.41, 5.74) is 3.19. The molecule has 0 saturated heterocycles. The molecule has 1 fully saturated rings. The van der Waals surface area contributed by atoms with Crippen LogP contribution >= 0.6 is 34.7 Å². The SMILES string of the molecule is O=C(Nc1cccc(SC(C(=O)Nc2nc(-c3ccccc3Cl)cs2)c2ccccc2)c1)C1CCCCC1. The fourth-order valence-corrected chi connectivity index (χ4v) is 6.62. The van der Waals surface area contributed by atoms with Crippen LogP contribution in [0.5, 0.6) is 0 Å². The minimum atomic E-state index is -0.506. The Morgan fingerprint density at radius 2 is 1.68 bits per heavy atom. The molecule has 1 unspecified atom stereocenters. The molecule has 1 aromatic heterocycles. The van der Waals surface area contributed by atoms with Gasteiger partial charge in [0, 0.05) is 32.5 Å².